The Morgan fingerprint density at radius 3 is 2.33 bits per heavy atom. The van der Waals surface area contributed by atoms with E-state index in [-0.39, 0.29) is 5.69 Å². The Hall–Kier alpha value is -1.01. The van der Waals surface area contributed by atoms with Gasteiger partial charge in [0.1, 0.15) is 6.04 Å². The fraction of sp³-hybridized carbons (Fsp3) is 0.200. The zero-order chi connectivity index (χ0) is 13.3. The van der Waals surface area contributed by atoms with E-state index in [0.29, 0.717) is 11.3 Å². The average molecular weight is 310 g/mol. The van der Waals surface area contributed by atoms with E-state index in [0.717, 1.165) is 0 Å². The van der Waals surface area contributed by atoms with Crippen molar-refractivity contribution in [2.24, 2.45) is 0 Å². The molecule has 0 fully saturated rings. The first-order valence-corrected chi connectivity index (χ1v) is 5.97. The van der Waals surface area contributed by atoms with Crippen LogP contribution in [-0.2, 0) is 4.84 Å². The van der Waals surface area contributed by atoms with Crippen molar-refractivity contribution in [2.45, 2.75) is 9.83 Å². The molecule has 1 heterocycles. The molecule has 1 atom stereocenters. The van der Waals surface area contributed by atoms with Crippen molar-refractivity contribution in [3.8, 4) is 0 Å². The first-order valence-electron chi connectivity index (χ1n) is 4.83. The second-order valence-corrected chi connectivity index (χ2v) is 5.94. The highest BCUT2D eigenvalue weighted by molar-refractivity contribution is 6.68. The Morgan fingerprint density at radius 1 is 1.28 bits per heavy atom. The lowest BCUT2D eigenvalue weighted by molar-refractivity contribution is -0.384. The number of alkyl halides is 3. The third kappa shape index (κ3) is 2.87. The molecule has 0 amide bonds. The van der Waals surface area contributed by atoms with Crippen molar-refractivity contribution in [3.05, 3.63) is 46.0 Å². The molecule has 1 aromatic rings. The van der Waals surface area contributed by atoms with E-state index in [1.807, 2.05) is 0 Å². The van der Waals surface area contributed by atoms with Crippen LogP contribution in [-0.4, -0.2) is 14.8 Å². The topological polar surface area (TPSA) is 64.4 Å². The molecule has 0 bridgehead atoms. The number of non-ortho nitro benzene ring substituents is 1. The van der Waals surface area contributed by atoms with Crippen LogP contribution in [0, 0.1) is 10.1 Å². The molecule has 0 spiro atoms. The van der Waals surface area contributed by atoms with Gasteiger partial charge < -0.3 is 4.84 Å². The lowest BCUT2D eigenvalue weighted by atomic mass is 10.1. The van der Waals surface area contributed by atoms with E-state index in [9.17, 15) is 10.1 Å². The van der Waals surface area contributed by atoms with Gasteiger partial charge in [-0.3, -0.25) is 10.1 Å². The van der Waals surface area contributed by atoms with Crippen LogP contribution in [0.5, 0.6) is 0 Å². The minimum absolute atomic E-state index is 0.00299. The number of nitrogens with zero attached hydrogens (tertiary/aromatic N) is 1. The fourth-order valence-electron chi connectivity index (χ4n) is 1.41. The summed E-state index contributed by atoms with van der Waals surface area (Å²) < 4.78 is -1.53. The molecule has 0 radical (unpaired) electrons. The van der Waals surface area contributed by atoms with Crippen molar-refractivity contribution in [2.75, 3.05) is 0 Å². The van der Waals surface area contributed by atoms with Crippen LogP contribution in [0.2, 0.25) is 0 Å². The van der Waals surface area contributed by atoms with Crippen LogP contribution in [0.4, 0.5) is 5.69 Å². The van der Waals surface area contributed by atoms with Crippen LogP contribution in [0.3, 0.4) is 0 Å². The lowest BCUT2D eigenvalue weighted by Gasteiger charge is -2.15. The molecule has 1 aliphatic rings. The summed E-state index contributed by atoms with van der Waals surface area (Å²) in [6.45, 7) is 0. The maximum atomic E-state index is 10.5. The van der Waals surface area contributed by atoms with Crippen molar-refractivity contribution >= 4 is 46.2 Å². The number of hydrogen-bond donors (Lipinski definition) is 1. The number of halogens is 3. The molecule has 0 saturated heterocycles. The second-order valence-electron chi connectivity index (χ2n) is 3.57. The molecule has 1 N–H and O–H groups in total. The van der Waals surface area contributed by atoms with Gasteiger partial charge in [0.25, 0.3) is 5.69 Å². The van der Waals surface area contributed by atoms with Crippen LogP contribution in [0.25, 0.3) is 5.76 Å². The average Bonchev–Trinajstić information content (AvgIpc) is 2.78. The van der Waals surface area contributed by atoms with Gasteiger partial charge in [0, 0.05) is 17.7 Å². The Labute approximate surface area is 117 Å². The standard InChI is InChI=1S/C10H7Cl3N2O3/c11-10(12,13)9-5-8(18-14-9)6-1-3-7(4-2-6)15(16)17/h1-5,9,14H/t9-/m1/s1. The molecule has 0 saturated carbocycles. The predicted octanol–water partition coefficient (Wildman–Crippen LogP) is 3.21. The molecule has 0 aliphatic carbocycles. The molecular formula is C10H7Cl3N2O3. The van der Waals surface area contributed by atoms with E-state index in [4.69, 9.17) is 39.6 Å². The molecule has 18 heavy (non-hydrogen) atoms. The summed E-state index contributed by atoms with van der Waals surface area (Å²) in [6, 6.07) is 5.30. The SMILES string of the molecule is O=[N+]([O-])c1ccc(C2=C[C@H](C(Cl)(Cl)Cl)NO2)cc1. The predicted molar refractivity (Wildman–Crippen MR) is 69.4 cm³/mol. The summed E-state index contributed by atoms with van der Waals surface area (Å²) in [5, 5.41) is 10.5. The van der Waals surface area contributed by atoms with Gasteiger partial charge in [-0.25, -0.2) is 0 Å². The highest BCUT2D eigenvalue weighted by Crippen LogP contribution is 2.35. The number of nitro groups is 1. The van der Waals surface area contributed by atoms with E-state index < -0.39 is 14.8 Å². The van der Waals surface area contributed by atoms with Crippen LogP contribution in [0.1, 0.15) is 5.56 Å². The quantitative estimate of drug-likeness (QED) is 0.517. The second kappa shape index (κ2) is 4.93. The first-order chi connectivity index (χ1) is 8.38. The third-order valence-corrected chi connectivity index (χ3v) is 3.03. The minimum atomic E-state index is -1.53. The normalized spacial score (nSPS) is 19.3. The third-order valence-electron chi connectivity index (χ3n) is 2.33. The highest BCUT2D eigenvalue weighted by atomic mass is 35.6. The molecule has 0 aromatic heterocycles. The number of rotatable bonds is 2. The van der Waals surface area contributed by atoms with E-state index in [1.54, 1.807) is 18.2 Å². The van der Waals surface area contributed by atoms with Crippen molar-refractivity contribution in [1.82, 2.24) is 5.48 Å². The smallest absolute Gasteiger partial charge is 0.269 e. The van der Waals surface area contributed by atoms with Gasteiger partial charge in [-0.2, -0.15) is 0 Å². The van der Waals surface area contributed by atoms with Crippen molar-refractivity contribution < 1.29 is 9.76 Å². The molecule has 5 nitrogen and oxygen atoms in total. The Balaban J connectivity index is 2.21. The Kier molecular flexibility index (Phi) is 3.68. The molecule has 8 heteroatoms. The number of nitro benzene ring substituents is 1. The van der Waals surface area contributed by atoms with Gasteiger partial charge >= 0.3 is 0 Å². The monoisotopic (exact) mass is 308 g/mol. The summed E-state index contributed by atoms with van der Waals surface area (Å²) in [5.74, 6) is 0.459. The summed E-state index contributed by atoms with van der Waals surface area (Å²) in [5.41, 5.74) is 3.22. The zero-order valence-corrected chi connectivity index (χ0v) is 11.0. The van der Waals surface area contributed by atoms with Gasteiger partial charge in [-0.15, -0.1) is 5.48 Å². The number of benzene rings is 1. The van der Waals surface area contributed by atoms with Gasteiger partial charge in [-0.1, -0.05) is 34.8 Å². The van der Waals surface area contributed by atoms with Gasteiger partial charge in [-0.05, 0) is 18.2 Å². The maximum absolute atomic E-state index is 10.5. The maximum Gasteiger partial charge on any atom is 0.269 e. The Morgan fingerprint density at radius 2 is 1.89 bits per heavy atom. The summed E-state index contributed by atoms with van der Waals surface area (Å²) in [7, 11) is 0. The van der Waals surface area contributed by atoms with Crippen LogP contribution < -0.4 is 5.48 Å². The molecule has 1 aliphatic heterocycles. The molecule has 2 rings (SSSR count). The minimum Gasteiger partial charge on any atom is -0.408 e. The number of hydrogen-bond acceptors (Lipinski definition) is 4. The van der Waals surface area contributed by atoms with Crippen molar-refractivity contribution in [3.63, 3.8) is 0 Å². The van der Waals surface area contributed by atoms with Crippen molar-refractivity contribution in [1.29, 1.82) is 0 Å². The zero-order valence-electron chi connectivity index (χ0n) is 8.77. The first kappa shape index (κ1) is 13.4. The Bertz CT molecular complexity index is 496. The van der Waals surface area contributed by atoms with E-state index in [1.165, 1.54) is 12.1 Å². The van der Waals surface area contributed by atoms with E-state index >= 15 is 0 Å². The highest BCUT2D eigenvalue weighted by Gasteiger charge is 2.35. The summed E-state index contributed by atoms with van der Waals surface area (Å²) in [4.78, 5) is 15.2. The largest absolute Gasteiger partial charge is 0.408 e. The summed E-state index contributed by atoms with van der Waals surface area (Å²) in [6.07, 6.45) is 1.61. The molecule has 1 aromatic carbocycles. The number of nitrogens with one attached hydrogen (secondary N) is 1. The summed E-state index contributed by atoms with van der Waals surface area (Å²) >= 11 is 17.1. The molecular weight excluding hydrogens is 302 g/mol. The number of hydroxylamine groups is 1. The van der Waals surface area contributed by atoms with Gasteiger partial charge in [0.05, 0.1) is 4.92 Å². The molecule has 96 valence electrons. The van der Waals surface area contributed by atoms with E-state index in [2.05, 4.69) is 5.48 Å². The molecule has 0 unspecified atom stereocenters. The fourth-order valence-corrected chi connectivity index (χ4v) is 1.73. The van der Waals surface area contributed by atoms with Crippen LogP contribution in [0.15, 0.2) is 30.3 Å². The van der Waals surface area contributed by atoms with Gasteiger partial charge in [0.15, 0.2) is 5.76 Å². The van der Waals surface area contributed by atoms with Crippen LogP contribution >= 0.6 is 34.8 Å². The van der Waals surface area contributed by atoms with Gasteiger partial charge in [0.2, 0.25) is 3.79 Å². The lowest BCUT2D eigenvalue weighted by Crippen LogP contribution is -2.33.